The molecule has 0 bridgehead atoms. The van der Waals surface area contributed by atoms with Crippen LogP contribution in [0.2, 0.25) is 0 Å². The van der Waals surface area contributed by atoms with E-state index in [4.69, 9.17) is 0 Å². The van der Waals surface area contributed by atoms with Gasteiger partial charge in [-0.05, 0) is 35.1 Å². The lowest BCUT2D eigenvalue weighted by atomic mass is 10.0. The van der Waals surface area contributed by atoms with Crippen molar-refractivity contribution < 1.29 is 0 Å². The largest absolute Gasteiger partial charge is 0.0622 e. The first kappa shape index (κ1) is 12.7. The summed E-state index contributed by atoms with van der Waals surface area (Å²) >= 11 is 0. The molecule has 0 saturated carbocycles. The third kappa shape index (κ3) is 3.16. The molecule has 20 heavy (non-hydrogen) atoms. The van der Waals surface area contributed by atoms with E-state index >= 15 is 0 Å². The molecule has 0 aliphatic rings. The van der Waals surface area contributed by atoms with E-state index in [0.717, 1.165) is 6.42 Å². The molecule has 97 valence electrons. The first-order chi connectivity index (χ1) is 9.92. The van der Waals surface area contributed by atoms with Crippen molar-refractivity contribution >= 4 is 0 Å². The van der Waals surface area contributed by atoms with Gasteiger partial charge in [-0.2, -0.15) is 0 Å². The van der Waals surface area contributed by atoms with Gasteiger partial charge in [-0.3, -0.25) is 0 Å². The van der Waals surface area contributed by atoms with Crippen LogP contribution in [0.1, 0.15) is 11.1 Å². The van der Waals surface area contributed by atoms with E-state index in [1.807, 2.05) is 6.07 Å². The SMILES string of the molecule is [CH](Cc1ccccc1)c1ccc(-c2ccccc2)cc1. The Balaban J connectivity index is 1.68. The minimum Gasteiger partial charge on any atom is -0.0622 e. The van der Waals surface area contributed by atoms with Crippen LogP contribution >= 0.6 is 0 Å². The lowest BCUT2D eigenvalue weighted by Gasteiger charge is -2.05. The van der Waals surface area contributed by atoms with Crippen molar-refractivity contribution in [1.82, 2.24) is 0 Å². The molecule has 0 heterocycles. The quantitative estimate of drug-likeness (QED) is 0.606. The maximum atomic E-state index is 2.27. The molecule has 0 N–H and O–H groups in total. The predicted molar refractivity (Wildman–Crippen MR) is 85.4 cm³/mol. The zero-order valence-corrected chi connectivity index (χ0v) is 11.4. The molecule has 0 nitrogen and oxygen atoms in total. The van der Waals surface area contributed by atoms with Gasteiger partial charge in [-0.1, -0.05) is 84.9 Å². The van der Waals surface area contributed by atoms with Gasteiger partial charge in [0.2, 0.25) is 0 Å². The van der Waals surface area contributed by atoms with Crippen molar-refractivity contribution in [1.29, 1.82) is 0 Å². The molecule has 0 aromatic heterocycles. The predicted octanol–water partition coefficient (Wildman–Crippen LogP) is 5.15. The van der Waals surface area contributed by atoms with Crippen molar-refractivity contribution in [2.24, 2.45) is 0 Å². The van der Waals surface area contributed by atoms with Gasteiger partial charge < -0.3 is 0 Å². The molecule has 0 saturated heterocycles. The third-order valence-electron chi connectivity index (χ3n) is 3.43. The molecular weight excluding hydrogens is 240 g/mol. The standard InChI is InChI=1S/C20H17/c1-3-7-17(8-4-1)11-12-18-13-15-20(16-14-18)19-9-5-2-6-10-19/h1-10,12-16H,11H2. The van der Waals surface area contributed by atoms with Crippen LogP contribution in [-0.4, -0.2) is 0 Å². The van der Waals surface area contributed by atoms with Crippen LogP contribution in [0.15, 0.2) is 84.9 Å². The summed E-state index contributed by atoms with van der Waals surface area (Å²) in [6, 6.07) is 29.8. The van der Waals surface area contributed by atoms with Gasteiger partial charge in [-0.15, -0.1) is 0 Å². The first-order valence-corrected chi connectivity index (χ1v) is 6.94. The number of rotatable bonds is 4. The zero-order chi connectivity index (χ0) is 13.6. The molecule has 3 aromatic carbocycles. The molecule has 3 aromatic rings. The van der Waals surface area contributed by atoms with Gasteiger partial charge in [0.15, 0.2) is 0 Å². The van der Waals surface area contributed by atoms with E-state index in [9.17, 15) is 0 Å². The van der Waals surface area contributed by atoms with Gasteiger partial charge in [0, 0.05) is 0 Å². The molecular formula is C20H17. The van der Waals surface area contributed by atoms with Gasteiger partial charge in [-0.25, -0.2) is 0 Å². The highest BCUT2D eigenvalue weighted by atomic mass is 14.0. The second kappa shape index (κ2) is 6.21. The lowest BCUT2D eigenvalue weighted by molar-refractivity contribution is 1.17. The van der Waals surface area contributed by atoms with Crippen LogP contribution in [0.25, 0.3) is 11.1 Å². The van der Waals surface area contributed by atoms with E-state index in [-0.39, 0.29) is 0 Å². The Kier molecular flexibility index (Phi) is 3.93. The number of hydrogen-bond donors (Lipinski definition) is 0. The Morgan fingerprint density at radius 2 is 1.10 bits per heavy atom. The Bertz CT molecular complexity index is 637. The summed E-state index contributed by atoms with van der Waals surface area (Å²) in [7, 11) is 0. The highest BCUT2D eigenvalue weighted by Gasteiger charge is 1.98. The highest BCUT2D eigenvalue weighted by molar-refractivity contribution is 5.63. The Hall–Kier alpha value is -2.34. The summed E-state index contributed by atoms with van der Waals surface area (Å²) in [5, 5.41) is 0. The molecule has 1 radical (unpaired) electrons. The lowest BCUT2D eigenvalue weighted by Crippen LogP contribution is -1.88. The minimum atomic E-state index is 0.978. The summed E-state index contributed by atoms with van der Waals surface area (Å²) in [5.41, 5.74) is 5.15. The topological polar surface area (TPSA) is 0 Å². The molecule has 0 amide bonds. The molecule has 0 unspecified atom stereocenters. The number of benzene rings is 3. The maximum absolute atomic E-state index is 2.27. The molecule has 0 spiro atoms. The van der Waals surface area contributed by atoms with Crippen molar-refractivity contribution in [3.8, 4) is 11.1 Å². The normalized spacial score (nSPS) is 10.4. The monoisotopic (exact) mass is 257 g/mol. The van der Waals surface area contributed by atoms with Crippen LogP contribution in [0.3, 0.4) is 0 Å². The van der Waals surface area contributed by atoms with Crippen molar-refractivity contribution in [2.75, 3.05) is 0 Å². The number of hydrogen-bond acceptors (Lipinski definition) is 0. The third-order valence-corrected chi connectivity index (χ3v) is 3.43. The van der Waals surface area contributed by atoms with Gasteiger partial charge in [0.1, 0.15) is 0 Å². The fourth-order valence-electron chi connectivity index (χ4n) is 2.29. The van der Waals surface area contributed by atoms with Crippen LogP contribution < -0.4 is 0 Å². The summed E-state index contributed by atoms with van der Waals surface area (Å²) in [4.78, 5) is 0. The summed E-state index contributed by atoms with van der Waals surface area (Å²) in [6.45, 7) is 0. The van der Waals surface area contributed by atoms with Crippen molar-refractivity contribution in [2.45, 2.75) is 6.42 Å². The van der Waals surface area contributed by atoms with Crippen molar-refractivity contribution in [3.63, 3.8) is 0 Å². The molecule has 0 fully saturated rings. The second-order valence-electron chi connectivity index (χ2n) is 4.88. The van der Waals surface area contributed by atoms with Crippen LogP contribution in [0, 0.1) is 6.42 Å². The molecule has 0 aliphatic heterocycles. The second-order valence-corrected chi connectivity index (χ2v) is 4.88. The van der Waals surface area contributed by atoms with Crippen LogP contribution in [0.5, 0.6) is 0 Å². The van der Waals surface area contributed by atoms with E-state index in [1.54, 1.807) is 0 Å². The Morgan fingerprint density at radius 1 is 0.550 bits per heavy atom. The van der Waals surface area contributed by atoms with Gasteiger partial charge in [0.05, 0.1) is 0 Å². The summed E-state index contributed by atoms with van der Waals surface area (Å²) in [5.74, 6) is 0. The summed E-state index contributed by atoms with van der Waals surface area (Å²) in [6.07, 6.45) is 3.25. The highest BCUT2D eigenvalue weighted by Crippen LogP contribution is 2.20. The molecule has 3 rings (SSSR count). The average molecular weight is 257 g/mol. The maximum Gasteiger partial charge on any atom is -0.00494 e. The van der Waals surface area contributed by atoms with Crippen molar-refractivity contribution in [3.05, 3.63) is 102 Å². The van der Waals surface area contributed by atoms with Gasteiger partial charge >= 0.3 is 0 Å². The molecule has 0 atom stereocenters. The van der Waals surface area contributed by atoms with E-state index < -0.39 is 0 Å². The van der Waals surface area contributed by atoms with Crippen LogP contribution in [-0.2, 0) is 6.42 Å². The summed E-state index contributed by atoms with van der Waals surface area (Å²) < 4.78 is 0. The van der Waals surface area contributed by atoms with Crippen LogP contribution in [0.4, 0.5) is 0 Å². The Morgan fingerprint density at radius 3 is 1.75 bits per heavy atom. The van der Waals surface area contributed by atoms with E-state index in [2.05, 4.69) is 85.3 Å². The first-order valence-electron chi connectivity index (χ1n) is 6.94. The van der Waals surface area contributed by atoms with E-state index in [0.29, 0.717) is 0 Å². The fraction of sp³-hybridized carbons (Fsp3) is 0.0500. The van der Waals surface area contributed by atoms with E-state index in [1.165, 1.54) is 22.3 Å². The average Bonchev–Trinajstić information content (AvgIpc) is 2.55. The fourth-order valence-corrected chi connectivity index (χ4v) is 2.29. The molecule has 0 heteroatoms. The smallest absolute Gasteiger partial charge is 0.00494 e. The molecule has 0 aliphatic carbocycles. The zero-order valence-electron chi connectivity index (χ0n) is 11.4. The van der Waals surface area contributed by atoms with Gasteiger partial charge in [0.25, 0.3) is 0 Å². The minimum absolute atomic E-state index is 0.978. The Labute approximate surface area is 120 Å².